The topological polar surface area (TPSA) is 88.0 Å². The Morgan fingerprint density at radius 3 is 2.21 bits per heavy atom. The number of phenolic OH excluding ortho intramolecular Hbond substituents is 1. The third-order valence-electron chi connectivity index (χ3n) is 5.51. The van der Waals surface area contributed by atoms with E-state index in [1.165, 1.54) is 12.7 Å². The van der Waals surface area contributed by atoms with Crippen LogP contribution < -0.4 is 10.1 Å². The van der Waals surface area contributed by atoms with Gasteiger partial charge < -0.3 is 25.0 Å². The van der Waals surface area contributed by atoms with Gasteiger partial charge in [0.15, 0.2) is 0 Å². The number of aryl methyl sites for hydroxylation is 1. The molecule has 3 N–H and O–H groups in total. The van der Waals surface area contributed by atoms with Crippen LogP contribution in [0.1, 0.15) is 46.5 Å². The summed E-state index contributed by atoms with van der Waals surface area (Å²) in [5.74, 6) is 0.632. The van der Waals surface area contributed by atoms with E-state index in [0.717, 1.165) is 29.7 Å². The zero-order valence-electron chi connectivity index (χ0n) is 19.0. The molecule has 0 radical (unpaired) electrons. The van der Waals surface area contributed by atoms with E-state index in [1.54, 1.807) is 36.4 Å². The summed E-state index contributed by atoms with van der Waals surface area (Å²) < 4.78 is 10.5. The Morgan fingerprint density at radius 2 is 1.58 bits per heavy atom. The number of carbonyl (C=O) groups excluding carboxylic acids is 1. The minimum atomic E-state index is -0.610. The van der Waals surface area contributed by atoms with E-state index in [9.17, 15) is 15.0 Å². The average molecular weight is 450 g/mol. The van der Waals surface area contributed by atoms with Crippen LogP contribution in [0.4, 0.5) is 0 Å². The highest BCUT2D eigenvalue weighted by molar-refractivity contribution is 5.89. The molecule has 0 saturated carbocycles. The third kappa shape index (κ3) is 7.63. The van der Waals surface area contributed by atoms with Gasteiger partial charge in [0.05, 0.1) is 18.8 Å². The molecule has 174 valence electrons. The van der Waals surface area contributed by atoms with E-state index in [0.29, 0.717) is 18.7 Å². The average Bonchev–Trinajstić information content (AvgIpc) is 2.85. The highest BCUT2D eigenvalue weighted by atomic mass is 16.5. The number of ether oxygens (including phenoxy) is 2. The molecule has 6 heteroatoms. The number of esters is 1. The lowest BCUT2D eigenvalue weighted by Crippen LogP contribution is -2.30. The van der Waals surface area contributed by atoms with Crippen molar-refractivity contribution in [2.24, 2.45) is 0 Å². The molecule has 33 heavy (non-hydrogen) atoms. The van der Waals surface area contributed by atoms with Crippen LogP contribution in [-0.2, 0) is 17.8 Å². The van der Waals surface area contributed by atoms with Crippen LogP contribution in [0.15, 0.2) is 72.8 Å². The number of hydrogen-bond acceptors (Lipinski definition) is 6. The molecule has 0 heterocycles. The predicted molar refractivity (Wildman–Crippen MR) is 127 cm³/mol. The van der Waals surface area contributed by atoms with Crippen molar-refractivity contribution >= 4 is 5.97 Å². The van der Waals surface area contributed by atoms with E-state index in [-0.39, 0.29) is 17.8 Å². The normalized spacial score (nSPS) is 12.7. The molecule has 2 unspecified atom stereocenters. The van der Waals surface area contributed by atoms with Gasteiger partial charge in [0, 0.05) is 12.6 Å². The van der Waals surface area contributed by atoms with Gasteiger partial charge in [-0.3, -0.25) is 0 Å². The minimum Gasteiger partial charge on any atom is -0.508 e. The van der Waals surface area contributed by atoms with Crippen LogP contribution >= 0.6 is 0 Å². The van der Waals surface area contributed by atoms with Gasteiger partial charge in [-0.05, 0) is 72.9 Å². The zero-order valence-corrected chi connectivity index (χ0v) is 19.0. The van der Waals surface area contributed by atoms with Crippen LogP contribution in [0.25, 0.3) is 0 Å². The van der Waals surface area contributed by atoms with Crippen molar-refractivity contribution in [3.63, 3.8) is 0 Å². The lowest BCUT2D eigenvalue weighted by Gasteiger charge is -2.17. The Morgan fingerprint density at radius 1 is 0.939 bits per heavy atom. The lowest BCUT2D eigenvalue weighted by molar-refractivity contribution is 0.0600. The number of carbonyl (C=O) groups is 1. The first-order valence-corrected chi connectivity index (χ1v) is 11.0. The summed E-state index contributed by atoms with van der Waals surface area (Å²) in [6, 6.07) is 22.1. The summed E-state index contributed by atoms with van der Waals surface area (Å²) in [4.78, 5) is 11.5. The monoisotopic (exact) mass is 449 g/mol. The summed E-state index contributed by atoms with van der Waals surface area (Å²) in [7, 11) is 1.37. The quantitative estimate of drug-likeness (QED) is 0.376. The van der Waals surface area contributed by atoms with Crippen molar-refractivity contribution in [1.29, 1.82) is 0 Å². The van der Waals surface area contributed by atoms with Crippen LogP contribution in [0.2, 0.25) is 0 Å². The number of aliphatic hydroxyl groups is 1. The van der Waals surface area contributed by atoms with Crippen LogP contribution in [-0.4, -0.2) is 35.9 Å². The molecule has 0 fully saturated rings. The summed E-state index contributed by atoms with van der Waals surface area (Å²) in [5, 5.41) is 23.0. The standard InChI is InChI=1S/C27H31NO5/c1-19(28-17-26(30)22-11-13-24(29)14-12-22)3-4-20-7-15-25(16-8-20)33-18-21-5-9-23(10-6-21)27(31)32-2/h5-16,19,26,28-30H,3-4,17-18H2,1-2H3. The molecule has 0 aliphatic rings. The van der Waals surface area contributed by atoms with Gasteiger partial charge in [-0.1, -0.05) is 36.4 Å². The summed E-state index contributed by atoms with van der Waals surface area (Å²) >= 11 is 0. The number of rotatable bonds is 11. The molecule has 6 nitrogen and oxygen atoms in total. The number of benzene rings is 3. The number of phenols is 1. The Balaban J connectivity index is 1.39. The lowest BCUT2D eigenvalue weighted by atomic mass is 10.1. The summed E-state index contributed by atoms with van der Waals surface area (Å²) in [6.45, 7) is 2.98. The molecule has 0 aliphatic heterocycles. The first-order chi connectivity index (χ1) is 15.9. The van der Waals surface area contributed by atoms with E-state index in [1.807, 2.05) is 24.3 Å². The zero-order chi connectivity index (χ0) is 23.6. The molecular formula is C27H31NO5. The van der Waals surface area contributed by atoms with E-state index in [2.05, 4.69) is 24.4 Å². The fourth-order valence-electron chi connectivity index (χ4n) is 3.39. The molecule has 0 spiro atoms. The van der Waals surface area contributed by atoms with Crippen LogP contribution in [0.3, 0.4) is 0 Å². The highest BCUT2D eigenvalue weighted by Gasteiger charge is 2.10. The molecule has 0 aliphatic carbocycles. The third-order valence-corrected chi connectivity index (χ3v) is 5.51. The van der Waals surface area contributed by atoms with Gasteiger partial charge in [-0.25, -0.2) is 4.79 Å². The molecule has 3 aromatic carbocycles. The molecule has 2 atom stereocenters. The Labute approximate surface area is 194 Å². The number of nitrogens with one attached hydrogen (secondary N) is 1. The molecule has 0 amide bonds. The Hall–Kier alpha value is -3.35. The minimum absolute atomic E-state index is 0.193. The maximum atomic E-state index is 11.5. The van der Waals surface area contributed by atoms with Crippen molar-refractivity contribution < 1.29 is 24.5 Å². The van der Waals surface area contributed by atoms with Gasteiger partial charge in [0.2, 0.25) is 0 Å². The van der Waals surface area contributed by atoms with Gasteiger partial charge in [-0.2, -0.15) is 0 Å². The summed E-state index contributed by atoms with van der Waals surface area (Å²) in [5.41, 5.74) is 3.49. The number of hydrogen-bond donors (Lipinski definition) is 3. The fourth-order valence-corrected chi connectivity index (χ4v) is 3.39. The predicted octanol–water partition coefficient (Wildman–Crippen LogP) is 4.40. The second kappa shape index (κ2) is 12.0. The van der Waals surface area contributed by atoms with E-state index >= 15 is 0 Å². The van der Waals surface area contributed by atoms with Crippen molar-refractivity contribution in [1.82, 2.24) is 5.32 Å². The maximum Gasteiger partial charge on any atom is 0.337 e. The fraction of sp³-hybridized carbons (Fsp3) is 0.296. The van der Waals surface area contributed by atoms with Crippen LogP contribution in [0, 0.1) is 0 Å². The van der Waals surface area contributed by atoms with Crippen molar-refractivity contribution in [3.8, 4) is 11.5 Å². The van der Waals surface area contributed by atoms with Gasteiger partial charge in [0.25, 0.3) is 0 Å². The Bertz CT molecular complexity index is 1000. The molecular weight excluding hydrogens is 418 g/mol. The summed E-state index contributed by atoms with van der Waals surface area (Å²) in [6.07, 6.45) is 1.24. The van der Waals surface area contributed by atoms with Crippen molar-refractivity contribution in [2.75, 3.05) is 13.7 Å². The van der Waals surface area contributed by atoms with Gasteiger partial charge in [-0.15, -0.1) is 0 Å². The molecule has 0 aromatic heterocycles. The molecule has 0 saturated heterocycles. The van der Waals surface area contributed by atoms with Gasteiger partial charge in [0.1, 0.15) is 18.1 Å². The van der Waals surface area contributed by atoms with Crippen LogP contribution in [0.5, 0.6) is 11.5 Å². The second-order valence-corrected chi connectivity index (χ2v) is 8.08. The molecule has 0 bridgehead atoms. The number of aromatic hydroxyl groups is 1. The smallest absolute Gasteiger partial charge is 0.337 e. The first kappa shape index (κ1) is 24.3. The number of aliphatic hydroxyl groups excluding tert-OH is 1. The van der Waals surface area contributed by atoms with E-state index in [4.69, 9.17) is 9.47 Å². The van der Waals surface area contributed by atoms with Crippen molar-refractivity contribution in [3.05, 3.63) is 95.1 Å². The molecule has 3 rings (SSSR count). The Kier molecular flexibility index (Phi) is 8.87. The second-order valence-electron chi connectivity index (χ2n) is 8.08. The van der Waals surface area contributed by atoms with E-state index < -0.39 is 6.10 Å². The SMILES string of the molecule is COC(=O)c1ccc(COc2ccc(CCC(C)NCC(O)c3ccc(O)cc3)cc2)cc1. The van der Waals surface area contributed by atoms with Gasteiger partial charge >= 0.3 is 5.97 Å². The molecule has 3 aromatic rings. The number of methoxy groups -OCH3 is 1. The first-order valence-electron chi connectivity index (χ1n) is 11.0. The maximum absolute atomic E-state index is 11.5. The highest BCUT2D eigenvalue weighted by Crippen LogP contribution is 2.18. The largest absolute Gasteiger partial charge is 0.508 e. The van der Waals surface area contributed by atoms with Crippen molar-refractivity contribution in [2.45, 2.75) is 38.5 Å².